The van der Waals surface area contributed by atoms with Crippen molar-refractivity contribution in [1.82, 2.24) is 0 Å². The zero-order valence-corrected chi connectivity index (χ0v) is 17.2. The summed E-state index contributed by atoms with van der Waals surface area (Å²) in [5.74, 6) is -29.9. The van der Waals surface area contributed by atoms with Crippen LogP contribution in [0.1, 0.15) is 34.5 Å². The first-order valence-corrected chi connectivity index (χ1v) is 10.0. The van der Waals surface area contributed by atoms with E-state index in [1.807, 2.05) is 0 Å². The Balaban J connectivity index is 2.93. The van der Waals surface area contributed by atoms with Gasteiger partial charge in [0.05, 0.1) is 23.3 Å². The molecule has 0 N–H and O–H groups in total. The standard InChI is InChI=1S/C18H6F16OS/c19-7-5(8(20)12(24)15(27)11(7)23)3(1-17(29,30)31)36(35)4(2-18(32,33)34)6-9(21)13(25)16(28)14(26)10(6)22/h3-4H,1-2H2. The summed E-state index contributed by atoms with van der Waals surface area (Å²) < 4.78 is 229. The molecular formula is C18H6F16OS. The van der Waals surface area contributed by atoms with Crippen LogP contribution in [0.4, 0.5) is 70.2 Å². The molecule has 0 saturated heterocycles. The van der Waals surface area contributed by atoms with Crippen molar-refractivity contribution in [3.8, 4) is 0 Å². The fourth-order valence-electron chi connectivity index (χ4n) is 3.03. The molecule has 18 heteroatoms. The van der Waals surface area contributed by atoms with E-state index in [2.05, 4.69) is 0 Å². The average Bonchev–Trinajstić information content (AvgIpc) is 2.75. The monoisotopic (exact) mass is 574 g/mol. The lowest BCUT2D eigenvalue weighted by Gasteiger charge is -2.27. The Hall–Kier alpha value is -2.53. The van der Waals surface area contributed by atoms with E-state index in [0.29, 0.717) is 0 Å². The first-order valence-electron chi connectivity index (χ1n) is 8.76. The van der Waals surface area contributed by atoms with Crippen molar-refractivity contribution >= 4 is 10.8 Å². The van der Waals surface area contributed by atoms with Crippen LogP contribution in [-0.2, 0) is 10.8 Å². The average molecular weight is 574 g/mol. The van der Waals surface area contributed by atoms with E-state index in [0.717, 1.165) is 0 Å². The highest BCUT2D eigenvalue weighted by molar-refractivity contribution is 7.85. The number of rotatable bonds is 6. The molecule has 0 bridgehead atoms. The second-order valence-corrected chi connectivity index (χ2v) is 8.71. The number of alkyl halides is 6. The van der Waals surface area contributed by atoms with Crippen LogP contribution >= 0.6 is 0 Å². The maximum atomic E-state index is 14.2. The molecular weight excluding hydrogens is 568 g/mol. The van der Waals surface area contributed by atoms with Crippen molar-refractivity contribution in [2.45, 2.75) is 35.7 Å². The Morgan fingerprint density at radius 2 is 0.639 bits per heavy atom. The van der Waals surface area contributed by atoms with Gasteiger partial charge in [-0.25, -0.2) is 43.9 Å². The molecule has 2 aromatic carbocycles. The third-order valence-corrected chi connectivity index (χ3v) is 6.45. The minimum Gasteiger partial charge on any atom is -0.258 e. The van der Waals surface area contributed by atoms with Gasteiger partial charge in [-0.05, 0) is 0 Å². The minimum atomic E-state index is -5.78. The van der Waals surface area contributed by atoms with Crippen LogP contribution in [-0.4, -0.2) is 16.6 Å². The second kappa shape index (κ2) is 10.1. The minimum absolute atomic E-state index is 2.59. The van der Waals surface area contributed by atoms with Crippen LogP contribution in [0.3, 0.4) is 0 Å². The van der Waals surface area contributed by atoms with Gasteiger partial charge in [0, 0.05) is 21.9 Å². The summed E-state index contributed by atoms with van der Waals surface area (Å²) in [5.41, 5.74) is -5.17. The molecule has 0 amide bonds. The highest BCUT2D eigenvalue weighted by Gasteiger charge is 2.47. The summed E-state index contributed by atoms with van der Waals surface area (Å²) in [4.78, 5) is 0. The van der Waals surface area contributed by atoms with Crippen LogP contribution < -0.4 is 0 Å². The van der Waals surface area contributed by atoms with Crippen molar-refractivity contribution in [3.63, 3.8) is 0 Å². The van der Waals surface area contributed by atoms with E-state index >= 15 is 0 Å². The van der Waals surface area contributed by atoms with E-state index < -0.39 is 116 Å². The molecule has 0 spiro atoms. The van der Waals surface area contributed by atoms with Crippen molar-refractivity contribution in [2.24, 2.45) is 0 Å². The van der Waals surface area contributed by atoms with Gasteiger partial charge in [-0.1, -0.05) is 0 Å². The number of halogens is 16. The molecule has 0 aliphatic rings. The largest absolute Gasteiger partial charge is 0.390 e. The zero-order chi connectivity index (χ0) is 28.1. The van der Waals surface area contributed by atoms with E-state index in [4.69, 9.17) is 0 Å². The number of benzene rings is 2. The Labute approximate surface area is 191 Å². The molecule has 0 radical (unpaired) electrons. The lowest BCUT2D eigenvalue weighted by atomic mass is 10.1. The highest BCUT2D eigenvalue weighted by Crippen LogP contribution is 2.46. The van der Waals surface area contributed by atoms with Gasteiger partial charge in [0.2, 0.25) is 11.6 Å². The SMILES string of the molecule is O=S(C(CC(F)(F)F)c1c(F)c(F)c(F)c(F)c1F)C(CC(F)(F)F)c1c(F)c(F)c(F)c(F)c1F. The van der Waals surface area contributed by atoms with Crippen LogP contribution in [0.5, 0.6) is 0 Å². The van der Waals surface area contributed by atoms with Gasteiger partial charge in [0.1, 0.15) is 0 Å². The third kappa shape index (κ3) is 5.72. The highest BCUT2D eigenvalue weighted by atomic mass is 32.2. The topological polar surface area (TPSA) is 17.1 Å². The zero-order valence-electron chi connectivity index (χ0n) is 16.4. The summed E-state index contributed by atoms with van der Waals surface area (Å²) in [5, 5.41) is -7.39. The second-order valence-electron chi connectivity index (χ2n) is 6.91. The van der Waals surface area contributed by atoms with Crippen LogP contribution in [0.15, 0.2) is 0 Å². The van der Waals surface area contributed by atoms with Gasteiger partial charge in [0.15, 0.2) is 46.5 Å². The predicted molar refractivity (Wildman–Crippen MR) is 87.4 cm³/mol. The first kappa shape index (κ1) is 29.7. The summed E-state index contributed by atoms with van der Waals surface area (Å²) in [6.45, 7) is 0. The first-order chi connectivity index (χ1) is 16.2. The number of hydrogen-bond donors (Lipinski definition) is 0. The van der Waals surface area contributed by atoms with Gasteiger partial charge in [-0.2, -0.15) is 26.3 Å². The lowest BCUT2D eigenvalue weighted by molar-refractivity contribution is -0.135. The molecule has 2 atom stereocenters. The molecule has 2 aromatic rings. The Morgan fingerprint density at radius 3 is 0.833 bits per heavy atom. The van der Waals surface area contributed by atoms with Crippen LogP contribution in [0, 0.1) is 58.2 Å². The fraction of sp³-hybridized carbons (Fsp3) is 0.333. The van der Waals surface area contributed by atoms with Gasteiger partial charge >= 0.3 is 12.4 Å². The summed E-state index contributed by atoms with van der Waals surface area (Å²) in [6, 6.07) is 0. The molecule has 0 saturated carbocycles. The molecule has 2 unspecified atom stereocenters. The van der Waals surface area contributed by atoms with E-state index in [1.165, 1.54) is 0 Å². The smallest absolute Gasteiger partial charge is 0.258 e. The van der Waals surface area contributed by atoms with Crippen molar-refractivity contribution < 1.29 is 74.5 Å². The summed E-state index contributed by atoms with van der Waals surface area (Å²) in [7, 11) is -4.39. The molecule has 2 rings (SSSR count). The molecule has 202 valence electrons. The van der Waals surface area contributed by atoms with E-state index in [-0.39, 0.29) is 0 Å². The maximum absolute atomic E-state index is 14.2. The summed E-state index contributed by atoms with van der Waals surface area (Å²) >= 11 is 0. The Morgan fingerprint density at radius 1 is 0.444 bits per heavy atom. The van der Waals surface area contributed by atoms with Gasteiger partial charge in [-0.15, -0.1) is 0 Å². The van der Waals surface area contributed by atoms with Gasteiger partial charge in [0.25, 0.3) is 0 Å². The fourth-order valence-corrected chi connectivity index (χ4v) is 5.01. The molecule has 1 nitrogen and oxygen atoms in total. The quantitative estimate of drug-likeness (QED) is 0.198. The lowest BCUT2D eigenvalue weighted by Crippen LogP contribution is -2.28. The molecule has 0 fully saturated rings. The van der Waals surface area contributed by atoms with E-state index in [9.17, 15) is 74.5 Å². The summed E-state index contributed by atoms with van der Waals surface area (Å²) in [6.07, 6.45) is -17.4. The predicted octanol–water partition coefficient (Wildman–Crippen LogP) is 7.51. The van der Waals surface area contributed by atoms with Crippen molar-refractivity contribution in [2.75, 3.05) is 0 Å². The van der Waals surface area contributed by atoms with Crippen LogP contribution in [0.25, 0.3) is 0 Å². The normalized spacial score (nSPS) is 15.2. The van der Waals surface area contributed by atoms with Crippen LogP contribution in [0.2, 0.25) is 0 Å². The van der Waals surface area contributed by atoms with Gasteiger partial charge in [-0.3, -0.25) is 4.21 Å². The van der Waals surface area contributed by atoms with E-state index in [1.54, 1.807) is 0 Å². The van der Waals surface area contributed by atoms with Crippen molar-refractivity contribution in [3.05, 3.63) is 69.3 Å². The molecule has 0 aliphatic heterocycles. The van der Waals surface area contributed by atoms with Gasteiger partial charge < -0.3 is 0 Å². The molecule has 0 aliphatic carbocycles. The Kier molecular flexibility index (Phi) is 8.32. The molecule has 0 aromatic heterocycles. The third-order valence-electron chi connectivity index (χ3n) is 4.53. The van der Waals surface area contributed by atoms with Crippen molar-refractivity contribution in [1.29, 1.82) is 0 Å². The number of hydrogen-bond acceptors (Lipinski definition) is 1. The maximum Gasteiger partial charge on any atom is 0.390 e. The molecule has 0 heterocycles. The molecule has 36 heavy (non-hydrogen) atoms. The Bertz CT molecular complexity index is 1050.